The second-order valence-electron chi connectivity index (χ2n) is 4.22. The number of halogens is 1. The van der Waals surface area contributed by atoms with Gasteiger partial charge in [-0.2, -0.15) is 5.26 Å². The number of carbonyl (C=O) groups excluding carboxylic acids is 2. The molecule has 5 nitrogen and oxygen atoms in total. The zero-order valence-electron chi connectivity index (χ0n) is 11.6. The molecule has 1 amide bonds. The van der Waals surface area contributed by atoms with Gasteiger partial charge in [-0.25, -0.2) is 4.79 Å². The molecule has 21 heavy (non-hydrogen) atoms. The molecule has 0 heterocycles. The largest absolute Gasteiger partial charge is 0.452 e. The Labute approximate surface area is 128 Å². The van der Waals surface area contributed by atoms with Crippen molar-refractivity contribution in [2.75, 3.05) is 20.2 Å². The molecule has 6 heteroatoms. The van der Waals surface area contributed by atoms with Gasteiger partial charge in [0.15, 0.2) is 6.61 Å². The minimum atomic E-state index is -0.605. The summed E-state index contributed by atoms with van der Waals surface area (Å²) in [7, 11) is 1.55. The van der Waals surface area contributed by atoms with Gasteiger partial charge in [0.25, 0.3) is 5.91 Å². The third-order valence-electron chi connectivity index (χ3n) is 2.60. The molecule has 110 valence electrons. The number of nitrogens with zero attached hydrogens (tertiary/aromatic N) is 2. The lowest BCUT2D eigenvalue weighted by molar-refractivity contribution is -0.147. The van der Waals surface area contributed by atoms with Crippen molar-refractivity contribution in [3.63, 3.8) is 0 Å². The maximum absolute atomic E-state index is 11.6. The van der Waals surface area contributed by atoms with Crippen molar-refractivity contribution < 1.29 is 14.3 Å². The zero-order valence-corrected chi connectivity index (χ0v) is 12.3. The summed E-state index contributed by atoms with van der Waals surface area (Å²) in [5.74, 6) is -0.953. The lowest BCUT2D eigenvalue weighted by Gasteiger charge is -2.14. The number of hydrogen-bond acceptors (Lipinski definition) is 4. The van der Waals surface area contributed by atoms with Crippen LogP contribution in [-0.4, -0.2) is 37.0 Å². The van der Waals surface area contributed by atoms with Crippen LogP contribution < -0.4 is 0 Å². The highest BCUT2D eigenvalue weighted by molar-refractivity contribution is 6.30. The fourth-order valence-electron chi connectivity index (χ4n) is 1.37. The third-order valence-corrected chi connectivity index (χ3v) is 2.86. The van der Waals surface area contributed by atoms with Gasteiger partial charge in [0.05, 0.1) is 12.5 Å². The summed E-state index contributed by atoms with van der Waals surface area (Å²) in [5, 5.41) is 9.03. The van der Waals surface area contributed by atoms with Crippen LogP contribution in [0.25, 0.3) is 6.08 Å². The molecule has 1 aromatic carbocycles. The van der Waals surface area contributed by atoms with Crippen molar-refractivity contribution >= 4 is 29.6 Å². The summed E-state index contributed by atoms with van der Waals surface area (Å²) in [6.45, 7) is -0.0286. The van der Waals surface area contributed by atoms with Crippen LogP contribution in [0.5, 0.6) is 0 Å². The molecule has 0 saturated heterocycles. The monoisotopic (exact) mass is 306 g/mol. The Bertz CT molecular complexity index is 561. The van der Waals surface area contributed by atoms with Crippen LogP contribution in [0.15, 0.2) is 30.3 Å². The van der Waals surface area contributed by atoms with Gasteiger partial charge in [-0.3, -0.25) is 4.79 Å². The Hall–Kier alpha value is -2.32. The minimum absolute atomic E-state index is 0.243. The zero-order chi connectivity index (χ0) is 15.7. The van der Waals surface area contributed by atoms with E-state index in [2.05, 4.69) is 0 Å². The molecular weight excluding hydrogens is 292 g/mol. The summed E-state index contributed by atoms with van der Waals surface area (Å²) in [6, 6.07) is 8.87. The predicted molar refractivity (Wildman–Crippen MR) is 79.3 cm³/mol. The molecule has 0 unspecified atom stereocenters. The lowest BCUT2D eigenvalue weighted by atomic mass is 10.2. The molecule has 0 aliphatic rings. The van der Waals surface area contributed by atoms with Gasteiger partial charge in [-0.15, -0.1) is 0 Å². The lowest BCUT2D eigenvalue weighted by Crippen LogP contribution is -2.31. The molecule has 0 bridgehead atoms. The van der Waals surface area contributed by atoms with Crippen LogP contribution in [0.4, 0.5) is 0 Å². The van der Waals surface area contributed by atoms with E-state index in [9.17, 15) is 9.59 Å². The van der Waals surface area contributed by atoms with Gasteiger partial charge in [0, 0.05) is 24.7 Å². The number of amides is 1. The van der Waals surface area contributed by atoms with Crippen LogP contribution in [0, 0.1) is 11.3 Å². The highest BCUT2D eigenvalue weighted by atomic mass is 35.5. The van der Waals surface area contributed by atoms with Gasteiger partial charge in [0.2, 0.25) is 0 Å². The van der Waals surface area contributed by atoms with E-state index in [0.29, 0.717) is 11.6 Å². The molecule has 0 saturated carbocycles. The number of nitriles is 1. The molecule has 0 aliphatic carbocycles. The Balaban J connectivity index is 2.38. The number of ether oxygens (including phenoxy) is 1. The quantitative estimate of drug-likeness (QED) is 0.597. The highest BCUT2D eigenvalue weighted by Crippen LogP contribution is 2.10. The molecule has 0 radical (unpaired) electrons. The SMILES string of the molecule is CN(CCC#N)C(=O)COC(=O)C=Cc1ccc(Cl)cc1. The predicted octanol–water partition coefficient (Wildman–Crippen LogP) is 2.27. The van der Waals surface area contributed by atoms with Crippen molar-refractivity contribution in [3.05, 3.63) is 40.9 Å². The smallest absolute Gasteiger partial charge is 0.331 e. The Kier molecular flexibility index (Phi) is 6.99. The van der Waals surface area contributed by atoms with Crippen LogP contribution in [0.1, 0.15) is 12.0 Å². The molecule has 0 atom stereocenters. The van der Waals surface area contributed by atoms with Gasteiger partial charge >= 0.3 is 5.97 Å². The van der Waals surface area contributed by atoms with E-state index in [1.165, 1.54) is 11.0 Å². The van der Waals surface area contributed by atoms with E-state index < -0.39 is 5.97 Å². The second kappa shape index (κ2) is 8.77. The van der Waals surface area contributed by atoms with E-state index in [-0.39, 0.29) is 18.9 Å². The molecular formula is C15H15ClN2O3. The average Bonchev–Trinajstić information content (AvgIpc) is 2.49. The fraction of sp³-hybridized carbons (Fsp3) is 0.267. The number of likely N-dealkylation sites (N-methyl/N-ethyl adjacent to an activating group) is 1. The van der Waals surface area contributed by atoms with Crippen molar-refractivity contribution in [1.82, 2.24) is 4.90 Å². The summed E-state index contributed by atoms with van der Waals surface area (Å²) in [4.78, 5) is 24.4. The minimum Gasteiger partial charge on any atom is -0.452 e. The number of rotatable bonds is 6. The number of esters is 1. The van der Waals surface area contributed by atoms with Crippen LogP contribution in [-0.2, 0) is 14.3 Å². The van der Waals surface area contributed by atoms with Crippen molar-refractivity contribution in [3.8, 4) is 6.07 Å². The first-order chi connectivity index (χ1) is 10.0. The third kappa shape index (κ3) is 6.59. The fourth-order valence-corrected chi connectivity index (χ4v) is 1.50. The summed E-state index contributed by atoms with van der Waals surface area (Å²) < 4.78 is 4.82. The summed E-state index contributed by atoms with van der Waals surface area (Å²) >= 11 is 5.75. The van der Waals surface area contributed by atoms with E-state index in [0.717, 1.165) is 5.56 Å². The van der Waals surface area contributed by atoms with Crippen LogP contribution >= 0.6 is 11.6 Å². The highest BCUT2D eigenvalue weighted by Gasteiger charge is 2.10. The average molecular weight is 307 g/mol. The van der Waals surface area contributed by atoms with Crippen LogP contribution in [0.3, 0.4) is 0 Å². The maximum Gasteiger partial charge on any atom is 0.331 e. The molecule has 0 spiro atoms. The summed E-state index contributed by atoms with van der Waals surface area (Å²) in [6.07, 6.45) is 3.06. The van der Waals surface area contributed by atoms with Gasteiger partial charge in [0.1, 0.15) is 0 Å². The first-order valence-corrected chi connectivity index (χ1v) is 6.62. The van der Waals surface area contributed by atoms with Gasteiger partial charge < -0.3 is 9.64 Å². The standard InChI is InChI=1S/C15H15ClN2O3/c1-18(10-2-9-17)14(19)11-21-15(20)8-5-12-3-6-13(16)7-4-12/h3-8H,2,10-11H2,1H3. The summed E-state index contributed by atoms with van der Waals surface area (Å²) in [5.41, 5.74) is 0.800. The van der Waals surface area contributed by atoms with Crippen molar-refractivity contribution in [2.45, 2.75) is 6.42 Å². The molecule has 0 aromatic heterocycles. The first-order valence-electron chi connectivity index (χ1n) is 6.24. The normalized spacial score (nSPS) is 10.1. The number of hydrogen-bond donors (Lipinski definition) is 0. The topological polar surface area (TPSA) is 70.4 Å². The molecule has 0 aliphatic heterocycles. The van der Waals surface area contributed by atoms with E-state index in [1.807, 2.05) is 6.07 Å². The van der Waals surface area contributed by atoms with Gasteiger partial charge in [-0.05, 0) is 23.8 Å². The molecule has 1 aromatic rings. The van der Waals surface area contributed by atoms with Crippen LogP contribution in [0.2, 0.25) is 5.02 Å². The van der Waals surface area contributed by atoms with E-state index >= 15 is 0 Å². The first kappa shape index (κ1) is 16.7. The number of benzene rings is 1. The Morgan fingerprint density at radius 2 is 2.05 bits per heavy atom. The van der Waals surface area contributed by atoms with Crippen molar-refractivity contribution in [2.24, 2.45) is 0 Å². The Morgan fingerprint density at radius 1 is 1.38 bits per heavy atom. The Morgan fingerprint density at radius 3 is 2.67 bits per heavy atom. The van der Waals surface area contributed by atoms with Gasteiger partial charge in [-0.1, -0.05) is 23.7 Å². The molecule has 0 fully saturated rings. The van der Waals surface area contributed by atoms with E-state index in [4.69, 9.17) is 21.6 Å². The second-order valence-corrected chi connectivity index (χ2v) is 4.65. The van der Waals surface area contributed by atoms with Crippen molar-refractivity contribution in [1.29, 1.82) is 5.26 Å². The van der Waals surface area contributed by atoms with E-state index in [1.54, 1.807) is 37.4 Å². The maximum atomic E-state index is 11.6. The number of carbonyl (C=O) groups is 2. The molecule has 0 N–H and O–H groups in total. The molecule has 1 rings (SSSR count).